The van der Waals surface area contributed by atoms with Gasteiger partial charge in [0, 0.05) is 14.1 Å². The summed E-state index contributed by atoms with van der Waals surface area (Å²) in [5.41, 5.74) is 5.68. The van der Waals surface area contributed by atoms with Gasteiger partial charge in [0.1, 0.15) is 6.04 Å². The van der Waals surface area contributed by atoms with E-state index < -0.39 is 12.1 Å². The predicted molar refractivity (Wildman–Crippen MR) is 67.3 cm³/mol. The Bertz CT molecular complexity index is 246. The molecule has 0 aromatic rings. The fourth-order valence-corrected chi connectivity index (χ4v) is 1.64. The molecular formula is C10H21N3O2S. The van der Waals surface area contributed by atoms with Gasteiger partial charge in [0.05, 0.1) is 6.04 Å². The van der Waals surface area contributed by atoms with Crippen LogP contribution in [0.25, 0.3) is 0 Å². The number of carbonyl (C=O) groups excluding carboxylic acids is 2. The highest BCUT2D eigenvalue weighted by molar-refractivity contribution is 7.98. The number of amides is 2. The zero-order valence-corrected chi connectivity index (χ0v) is 11.1. The summed E-state index contributed by atoms with van der Waals surface area (Å²) in [6.07, 6.45) is 2.58. The lowest BCUT2D eigenvalue weighted by molar-refractivity contribution is -0.134. The molecule has 0 fully saturated rings. The highest BCUT2D eigenvalue weighted by atomic mass is 32.2. The summed E-state index contributed by atoms with van der Waals surface area (Å²) in [5, 5.41) is 2.61. The van der Waals surface area contributed by atoms with Gasteiger partial charge in [-0.05, 0) is 25.4 Å². The van der Waals surface area contributed by atoms with Gasteiger partial charge in [-0.2, -0.15) is 11.8 Å². The van der Waals surface area contributed by atoms with Gasteiger partial charge in [-0.25, -0.2) is 0 Å². The first-order valence-corrected chi connectivity index (χ1v) is 6.55. The van der Waals surface area contributed by atoms with E-state index in [1.54, 1.807) is 32.8 Å². The summed E-state index contributed by atoms with van der Waals surface area (Å²) in [6.45, 7) is 1.65. The number of rotatable bonds is 6. The van der Waals surface area contributed by atoms with Gasteiger partial charge in [0.25, 0.3) is 0 Å². The number of hydrogen-bond donors (Lipinski definition) is 2. The first kappa shape index (κ1) is 15.2. The van der Waals surface area contributed by atoms with Crippen molar-refractivity contribution in [3.05, 3.63) is 0 Å². The fraction of sp³-hybridized carbons (Fsp3) is 0.800. The van der Waals surface area contributed by atoms with Crippen molar-refractivity contribution in [1.29, 1.82) is 0 Å². The van der Waals surface area contributed by atoms with E-state index in [1.807, 2.05) is 6.26 Å². The lowest BCUT2D eigenvalue weighted by Crippen LogP contribution is -2.50. The second-order valence-corrected chi connectivity index (χ2v) is 4.84. The second-order valence-electron chi connectivity index (χ2n) is 3.85. The van der Waals surface area contributed by atoms with Crippen LogP contribution in [0.5, 0.6) is 0 Å². The standard InChI is InChI=1S/C10H21N3O2S/c1-7(10(15)13(2)3)12-9(14)8(11)5-6-16-4/h7-8H,5-6,11H2,1-4H3,(H,12,14)/t7?,8-/m0/s1. The highest BCUT2D eigenvalue weighted by Gasteiger charge is 2.20. The van der Waals surface area contributed by atoms with E-state index in [-0.39, 0.29) is 11.8 Å². The van der Waals surface area contributed by atoms with Crippen molar-refractivity contribution >= 4 is 23.6 Å². The van der Waals surface area contributed by atoms with Crippen molar-refractivity contribution in [1.82, 2.24) is 10.2 Å². The summed E-state index contributed by atoms with van der Waals surface area (Å²) in [7, 11) is 3.30. The monoisotopic (exact) mass is 247 g/mol. The Hall–Kier alpha value is -0.750. The Labute approximate surface area is 101 Å². The molecule has 0 rings (SSSR count). The van der Waals surface area contributed by atoms with Gasteiger partial charge in [-0.15, -0.1) is 0 Å². The Kier molecular flexibility index (Phi) is 7.16. The zero-order valence-electron chi connectivity index (χ0n) is 10.3. The van der Waals surface area contributed by atoms with Gasteiger partial charge in [-0.1, -0.05) is 0 Å². The number of nitrogens with zero attached hydrogens (tertiary/aromatic N) is 1. The van der Waals surface area contributed by atoms with E-state index >= 15 is 0 Å². The molecule has 0 saturated carbocycles. The number of likely N-dealkylation sites (N-methyl/N-ethyl adjacent to an activating group) is 1. The van der Waals surface area contributed by atoms with E-state index in [1.165, 1.54) is 4.90 Å². The van der Waals surface area contributed by atoms with Crippen LogP contribution in [0.4, 0.5) is 0 Å². The van der Waals surface area contributed by atoms with Crippen LogP contribution in [0.1, 0.15) is 13.3 Å². The van der Waals surface area contributed by atoms with E-state index in [0.29, 0.717) is 6.42 Å². The first-order chi connectivity index (χ1) is 7.40. The molecule has 0 aliphatic heterocycles. The molecule has 0 bridgehead atoms. The molecule has 2 atom stereocenters. The topological polar surface area (TPSA) is 75.4 Å². The number of carbonyl (C=O) groups is 2. The molecule has 1 unspecified atom stereocenters. The molecule has 0 saturated heterocycles. The second kappa shape index (κ2) is 7.51. The summed E-state index contributed by atoms with van der Waals surface area (Å²) < 4.78 is 0. The quantitative estimate of drug-likeness (QED) is 0.673. The van der Waals surface area contributed by atoms with Crippen molar-refractivity contribution in [3.8, 4) is 0 Å². The van der Waals surface area contributed by atoms with Crippen LogP contribution in [0, 0.1) is 0 Å². The van der Waals surface area contributed by atoms with Crippen molar-refractivity contribution in [2.24, 2.45) is 5.73 Å². The third-order valence-corrected chi connectivity index (χ3v) is 2.78. The largest absolute Gasteiger partial charge is 0.347 e. The highest BCUT2D eigenvalue weighted by Crippen LogP contribution is 1.99. The Morgan fingerprint density at radius 2 is 2.00 bits per heavy atom. The van der Waals surface area contributed by atoms with Gasteiger partial charge in [-0.3, -0.25) is 9.59 Å². The van der Waals surface area contributed by atoms with Crippen LogP contribution in [0.2, 0.25) is 0 Å². The first-order valence-electron chi connectivity index (χ1n) is 5.16. The maximum atomic E-state index is 11.6. The Morgan fingerprint density at radius 3 is 2.44 bits per heavy atom. The molecule has 5 nitrogen and oxygen atoms in total. The van der Waals surface area contributed by atoms with Gasteiger partial charge >= 0.3 is 0 Å². The minimum atomic E-state index is -0.537. The van der Waals surface area contributed by atoms with Crippen LogP contribution in [-0.4, -0.2) is 54.9 Å². The molecule has 0 aliphatic rings. The van der Waals surface area contributed by atoms with Crippen LogP contribution < -0.4 is 11.1 Å². The molecular weight excluding hydrogens is 226 g/mol. The fourth-order valence-electron chi connectivity index (χ4n) is 1.15. The van der Waals surface area contributed by atoms with E-state index in [4.69, 9.17) is 5.73 Å². The van der Waals surface area contributed by atoms with E-state index in [2.05, 4.69) is 5.32 Å². The summed E-state index contributed by atoms with van der Waals surface area (Å²) in [5.74, 6) is 0.437. The summed E-state index contributed by atoms with van der Waals surface area (Å²) in [6, 6.07) is -1.06. The van der Waals surface area contributed by atoms with Gasteiger partial charge in [0.2, 0.25) is 11.8 Å². The zero-order chi connectivity index (χ0) is 12.7. The maximum Gasteiger partial charge on any atom is 0.244 e. The number of nitrogens with two attached hydrogens (primary N) is 1. The molecule has 0 aromatic carbocycles. The van der Waals surface area contributed by atoms with Crippen LogP contribution in [0.3, 0.4) is 0 Å². The van der Waals surface area contributed by atoms with Crippen LogP contribution in [0.15, 0.2) is 0 Å². The number of hydrogen-bond acceptors (Lipinski definition) is 4. The average molecular weight is 247 g/mol. The number of nitrogens with one attached hydrogen (secondary N) is 1. The molecule has 0 radical (unpaired) electrons. The minimum absolute atomic E-state index is 0.134. The van der Waals surface area contributed by atoms with Crippen LogP contribution in [-0.2, 0) is 9.59 Å². The molecule has 0 aromatic heterocycles. The molecule has 6 heteroatoms. The predicted octanol–water partition coefficient (Wildman–Crippen LogP) is -0.340. The third-order valence-electron chi connectivity index (χ3n) is 2.14. The Balaban J connectivity index is 4.08. The van der Waals surface area contributed by atoms with E-state index in [9.17, 15) is 9.59 Å². The summed E-state index contributed by atoms with van der Waals surface area (Å²) >= 11 is 1.64. The molecule has 16 heavy (non-hydrogen) atoms. The molecule has 0 spiro atoms. The lowest BCUT2D eigenvalue weighted by Gasteiger charge is -2.19. The summed E-state index contributed by atoms with van der Waals surface area (Å²) in [4.78, 5) is 24.5. The molecule has 0 aliphatic carbocycles. The SMILES string of the molecule is CSCC[C@H](N)C(=O)NC(C)C(=O)N(C)C. The van der Waals surface area contributed by atoms with Crippen molar-refractivity contribution in [3.63, 3.8) is 0 Å². The smallest absolute Gasteiger partial charge is 0.244 e. The molecule has 2 amide bonds. The van der Waals surface area contributed by atoms with Crippen molar-refractivity contribution in [2.45, 2.75) is 25.4 Å². The molecule has 0 heterocycles. The average Bonchev–Trinajstić information content (AvgIpc) is 2.24. The lowest BCUT2D eigenvalue weighted by atomic mass is 10.2. The molecule has 94 valence electrons. The molecule has 3 N–H and O–H groups in total. The number of thioether (sulfide) groups is 1. The third kappa shape index (κ3) is 5.37. The Morgan fingerprint density at radius 1 is 1.44 bits per heavy atom. The van der Waals surface area contributed by atoms with Crippen molar-refractivity contribution in [2.75, 3.05) is 26.1 Å². The van der Waals surface area contributed by atoms with Gasteiger partial charge in [0.15, 0.2) is 0 Å². The van der Waals surface area contributed by atoms with Crippen molar-refractivity contribution < 1.29 is 9.59 Å². The van der Waals surface area contributed by atoms with Gasteiger partial charge < -0.3 is 16.0 Å². The van der Waals surface area contributed by atoms with Crippen LogP contribution >= 0.6 is 11.8 Å². The van der Waals surface area contributed by atoms with E-state index in [0.717, 1.165) is 5.75 Å². The minimum Gasteiger partial charge on any atom is -0.347 e. The maximum absolute atomic E-state index is 11.6. The normalized spacial score (nSPS) is 14.1.